The zero-order valence-corrected chi connectivity index (χ0v) is 12.9. The molecule has 0 aromatic carbocycles. The summed E-state index contributed by atoms with van der Waals surface area (Å²) in [7, 11) is 2.30. The molecule has 2 nitrogen and oxygen atoms in total. The van der Waals surface area contributed by atoms with Gasteiger partial charge in [0.05, 0.1) is 0 Å². The van der Waals surface area contributed by atoms with Gasteiger partial charge in [-0.05, 0) is 33.2 Å². The fraction of sp³-hybridized carbons (Fsp3) is 1.00. The maximum Gasteiger partial charge on any atom is 0.0107 e. The van der Waals surface area contributed by atoms with E-state index in [1.165, 1.54) is 64.3 Å². The second-order valence-corrected chi connectivity index (χ2v) is 6.12. The largest absolute Gasteiger partial charge is 0.313 e. The van der Waals surface area contributed by atoms with Gasteiger partial charge in [0.15, 0.2) is 0 Å². The summed E-state index contributed by atoms with van der Waals surface area (Å²) >= 11 is 0. The fourth-order valence-electron chi connectivity index (χ4n) is 2.99. The molecule has 18 heavy (non-hydrogen) atoms. The van der Waals surface area contributed by atoms with Gasteiger partial charge in [0, 0.05) is 25.2 Å². The van der Waals surface area contributed by atoms with Crippen LogP contribution in [0.4, 0.5) is 0 Å². The van der Waals surface area contributed by atoms with Crippen molar-refractivity contribution in [3.63, 3.8) is 0 Å². The van der Waals surface area contributed by atoms with Crippen LogP contribution in [0, 0.1) is 0 Å². The minimum atomic E-state index is 0.693. The summed E-state index contributed by atoms with van der Waals surface area (Å²) in [5.41, 5.74) is 0. The third kappa shape index (κ3) is 6.75. The molecule has 1 rings (SSSR count). The molecule has 2 heteroatoms. The molecule has 1 fully saturated rings. The Bertz CT molecular complexity index is 188. The summed E-state index contributed by atoms with van der Waals surface area (Å²) in [4.78, 5) is 2.56. The summed E-state index contributed by atoms with van der Waals surface area (Å²) in [6, 6.07) is 1.56. The molecule has 1 aliphatic carbocycles. The number of nitrogens with zero attached hydrogens (tertiary/aromatic N) is 1. The molecule has 0 heterocycles. The third-order valence-corrected chi connectivity index (χ3v) is 4.40. The van der Waals surface area contributed by atoms with E-state index >= 15 is 0 Å². The summed E-state index contributed by atoms with van der Waals surface area (Å²) in [5.74, 6) is 0. The number of likely N-dealkylation sites (N-methyl/N-ethyl adjacent to an activating group) is 1. The number of rotatable bonds is 10. The molecule has 0 aromatic heterocycles. The quantitative estimate of drug-likeness (QED) is 0.596. The van der Waals surface area contributed by atoms with Crippen LogP contribution in [0.25, 0.3) is 0 Å². The van der Waals surface area contributed by atoms with E-state index in [4.69, 9.17) is 0 Å². The summed E-state index contributed by atoms with van der Waals surface area (Å²) < 4.78 is 0. The van der Waals surface area contributed by atoms with E-state index in [0.717, 1.165) is 12.6 Å². The van der Waals surface area contributed by atoms with Gasteiger partial charge in [-0.15, -0.1) is 0 Å². The second-order valence-electron chi connectivity index (χ2n) is 6.12. The molecule has 1 atom stereocenters. The molecule has 1 unspecified atom stereocenters. The highest BCUT2D eigenvalue weighted by Crippen LogP contribution is 2.21. The van der Waals surface area contributed by atoms with Gasteiger partial charge in [0.1, 0.15) is 0 Å². The monoisotopic (exact) mass is 254 g/mol. The normalized spacial score (nSPS) is 18.7. The van der Waals surface area contributed by atoms with E-state index in [2.05, 4.69) is 31.1 Å². The zero-order chi connectivity index (χ0) is 13.2. The first-order valence-corrected chi connectivity index (χ1v) is 8.17. The average molecular weight is 254 g/mol. The van der Waals surface area contributed by atoms with E-state index < -0.39 is 0 Å². The Kier molecular flexibility index (Phi) is 8.70. The maximum absolute atomic E-state index is 3.67. The molecule has 0 aliphatic heterocycles. The van der Waals surface area contributed by atoms with Crippen LogP contribution in [-0.4, -0.2) is 37.1 Å². The van der Waals surface area contributed by atoms with Crippen molar-refractivity contribution < 1.29 is 0 Å². The molecule has 0 spiro atoms. The van der Waals surface area contributed by atoms with Crippen LogP contribution < -0.4 is 5.32 Å². The number of unbranched alkanes of at least 4 members (excludes halogenated alkanes) is 3. The van der Waals surface area contributed by atoms with Crippen LogP contribution in [0.1, 0.15) is 71.6 Å². The van der Waals surface area contributed by atoms with Gasteiger partial charge in [0.25, 0.3) is 0 Å². The average Bonchev–Trinajstić information content (AvgIpc) is 2.88. The molecule has 0 radical (unpaired) electrons. The Balaban J connectivity index is 1.95. The minimum absolute atomic E-state index is 0.693. The van der Waals surface area contributed by atoms with Crippen molar-refractivity contribution in [2.24, 2.45) is 0 Å². The Morgan fingerprint density at radius 2 is 1.89 bits per heavy atom. The van der Waals surface area contributed by atoms with E-state index in [1.54, 1.807) is 0 Å². The molecule has 1 N–H and O–H groups in total. The SMILES string of the molecule is CCCCCCC(C)NCCN(C)C1CCCC1. The third-order valence-electron chi connectivity index (χ3n) is 4.40. The lowest BCUT2D eigenvalue weighted by Gasteiger charge is -2.25. The number of hydrogen-bond acceptors (Lipinski definition) is 2. The second kappa shape index (κ2) is 9.80. The van der Waals surface area contributed by atoms with Gasteiger partial charge in [0.2, 0.25) is 0 Å². The molecule has 1 aliphatic rings. The van der Waals surface area contributed by atoms with Gasteiger partial charge in [-0.1, -0.05) is 45.4 Å². The maximum atomic E-state index is 3.67. The van der Waals surface area contributed by atoms with Crippen molar-refractivity contribution in [1.82, 2.24) is 10.2 Å². The van der Waals surface area contributed by atoms with E-state index in [9.17, 15) is 0 Å². The highest BCUT2D eigenvalue weighted by Gasteiger charge is 2.18. The smallest absolute Gasteiger partial charge is 0.0107 e. The number of nitrogens with one attached hydrogen (secondary N) is 1. The molecule has 0 bridgehead atoms. The lowest BCUT2D eigenvalue weighted by molar-refractivity contribution is 0.242. The van der Waals surface area contributed by atoms with Gasteiger partial charge < -0.3 is 10.2 Å². The summed E-state index contributed by atoms with van der Waals surface area (Å²) in [6.45, 7) is 6.98. The number of hydrogen-bond donors (Lipinski definition) is 1. The lowest BCUT2D eigenvalue weighted by atomic mass is 10.1. The van der Waals surface area contributed by atoms with Crippen molar-refractivity contribution >= 4 is 0 Å². The zero-order valence-electron chi connectivity index (χ0n) is 12.9. The Hall–Kier alpha value is -0.0800. The summed E-state index contributed by atoms with van der Waals surface area (Å²) in [5, 5.41) is 3.67. The molecule has 0 amide bonds. The van der Waals surface area contributed by atoms with Crippen molar-refractivity contribution in [1.29, 1.82) is 0 Å². The lowest BCUT2D eigenvalue weighted by Crippen LogP contribution is -2.38. The van der Waals surface area contributed by atoms with E-state index in [0.29, 0.717) is 6.04 Å². The van der Waals surface area contributed by atoms with E-state index in [-0.39, 0.29) is 0 Å². The first kappa shape index (κ1) is 16.0. The fourth-order valence-corrected chi connectivity index (χ4v) is 2.99. The van der Waals surface area contributed by atoms with Crippen molar-refractivity contribution in [2.45, 2.75) is 83.7 Å². The highest BCUT2D eigenvalue weighted by molar-refractivity contribution is 4.75. The Morgan fingerprint density at radius 1 is 1.17 bits per heavy atom. The van der Waals surface area contributed by atoms with Gasteiger partial charge in [-0.2, -0.15) is 0 Å². The molecule has 1 saturated carbocycles. The minimum Gasteiger partial charge on any atom is -0.313 e. The topological polar surface area (TPSA) is 15.3 Å². The van der Waals surface area contributed by atoms with Gasteiger partial charge >= 0.3 is 0 Å². The molecule has 108 valence electrons. The van der Waals surface area contributed by atoms with Crippen molar-refractivity contribution in [2.75, 3.05) is 20.1 Å². The van der Waals surface area contributed by atoms with Crippen LogP contribution in [0.15, 0.2) is 0 Å². The van der Waals surface area contributed by atoms with Crippen LogP contribution in [0.5, 0.6) is 0 Å². The highest BCUT2D eigenvalue weighted by atomic mass is 15.1. The predicted octanol–water partition coefficient (Wildman–Crippen LogP) is 3.81. The predicted molar refractivity (Wildman–Crippen MR) is 81.1 cm³/mol. The summed E-state index contributed by atoms with van der Waals surface area (Å²) in [6.07, 6.45) is 12.6. The standard InChI is InChI=1S/C16H34N2/c1-4-5-6-7-10-15(2)17-13-14-18(3)16-11-8-9-12-16/h15-17H,4-14H2,1-3H3. The van der Waals surface area contributed by atoms with Crippen LogP contribution in [-0.2, 0) is 0 Å². The van der Waals surface area contributed by atoms with Crippen LogP contribution >= 0.6 is 0 Å². The Morgan fingerprint density at radius 3 is 2.56 bits per heavy atom. The van der Waals surface area contributed by atoms with Crippen LogP contribution in [0.2, 0.25) is 0 Å². The first-order valence-electron chi connectivity index (χ1n) is 8.17. The van der Waals surface area contributed by atoms with Crippen molar-refractivity contribution in [3.8, 4) is 0 Å². The van der Waals surface area contributed by atoms with Crippen LogP contribution in [0.3, 0.4) is 0 Å². The van der Waals surface area contributed by atoms with E-state index in [1.807, 2.05) is 0 Å². The molecular formula is C16H34N2. The van der Waals surface area contributed by atoms with Gasteiger partial charge in [-0.25, -0.2) is 0 Å². The Labute approximate surface area is 115 Å². The molecular weight excluding hydrogens is 220 g/mol. The van der Waals surface area contributed by atoms with Gasteiger partial charge in [-0.3, -0.25) is 0 Å². The first-order chi connectivity index (χ1) is 8.74. The van der Waals surface area contributed by atoms with Crippen molar-refractivity contribution in [3.05, 3.63) is 0 Å². The molecule has 0 saturated heterocycles. The molecule has 0 aromatic rings.